The van der Waals surface area contributed by atoms with E-state index in [4.69, 9.17) is 16.3 Å². The van der Waals surface area contributed by atoms with E-state index in [2.05, 4.69) is 5.32 Å². The number of nitrogens with zero attached hydrogens (tertiary/aromatic N) is 1. The number of nitro benzene ring substituents is 1. The molecule has 0 aliphatic heterocycles. The number of hydrogen-bond donors (Lipinski definition) is 1. The normalized spacial score (nSPS) is 10.3. The van der Waals surface area contributed by atoms with Crippen molar-refractivity contribution in [1.82, 2.24) is 0 Å². The third-order valence-corrected chi connectivity index (χ3v) is 4.76. The topological polar surface area (TPSA) is 98.5 Å². The van der Waals surface area contributed by atoms with Gasteiger partial charge in [0.25, 0.3) is 11.6 Å². The van der Waals surface area contributed by atoms with Gasteiger partial charge in [-0.3, -0.25) is 14.9 Å². The second-order valence-electron chi connectivity index (χ2n) is 4.85. The van der Waals surface area contributed by atoms with Crippen molar-refractivity contribution in [2.45, 2.75) is 13.8 Å². The van der Waals surface area contributed by atoms with Crippen molar-refractivity contribution in [3.05, 3.63) is 54.9 Å². The molecule has 7 nitrogen and oxygen atoms in total. The molecule has 1 N–H and O–H groups in total. The number of benzene rings is 1. The third kappa shape index (κ3) is 3.39. The Labute approximate surface area is 146 Å². The number of hydrogen-bond acceptors (Lipinski definition) is 6. The number of carbonyl (C=O) groups excluding carboxylic acids is 2. The number of methoxy groups -OCH3 is 1. The lowest BCUT2D eigenvalue weighted by molar-refractivity contribution is -0.385. The van der Waals surface area contributed by atoms with Crippen molar-refractivity contribution in [2.75, 3.05) is 12.4 Å². The number of carbonyl (C=O) groups is 2. The predicted molar refractivity (Wildman–Crippen MR) is 91.2 cm³/mol. The van der Waals surface area contributed by atoms with Crippen LogP contribution in [0, 0.1) is 24.0 Å². The molecule has 0 saturated carbocycles. The number of anilines is 1. The summed E-state index contributed by atoms with van der Waals surface area (Å²) in [6.07, 6.45) is 0. The van der Waals surface area contributed by atoms with Crippen LogP contribution >= 0.6 is 22.9 Å². The van der Waals surface area contributed by atoms with Gasteiger partial charge < -0.3 is 10.1 Å². The molecule has 0 aliphatic carbocycles. The van der Waals surface area contributed by atoms with Crippen molar-refractivity contribution in [2.24, 2.45) is 0 Å². The average Bonchev–Trinajstić information content (AvgIpc) is 2.80. The molecule has 0 atom stereocenters. The molecule has 0 saturated heterocycles. The maximum absolute atomic E-state index is 12.5. The molecule has 0 aliphatic rings. The van der Waals surface area contributed by atoms with Crippen LogP contribution in [0.15, 0.2) is 18.2 Å². The van der Waals surface area contributed by atoms with E-state index >= 15 is 0 Å². The minimum Gasteiger partial charge on any atom is -0.465 e. The number of halogens is 1. The molecule has 0 spiro atoms. The van der Waals surface area contributed by atoms with Crippen molar-refractivity contribution >= 4 is 45.5 Å². The molecule has 1 aromatic heterocycles. The van der Waals surface area contributed by atoms with Gasteiger partial charge in [-0.1, -0.05) is 11.6 Å². The van der Waals surface area contributed by atoms with E-state index in [1.807, 2.05) is 0 Å². The molecule has 2 rings (SSSR count). The number of esters is 1. The van der Waals surface area contributed by atoms with Crippen LogP contribution in [-0.4, -0.2) is 23.9 Å². The van der Waals surface area contributed by atoms with E-state index in [1.165, 1.54) is 30.6 Å². The van der Waals surface area contributed by atoms with Gasteiger partial charge >= 0.3 is 5.97 Å². The molecule has 0 unspecified atom stereocenters. The minimum absolute atomic E-state index is 0.188. The second-order valence-corrected chi connectivity index (χ2v) is 6.51. The molecule has 126 valence electrons. The van der Waals surface area contributed by atoms with Crippen LogP contribution in [0.5, 0.6) is 0 Å². The van der Waals surface area contributed by atoms with E-state index in [1.54, 1.807) is 13.8 Å². The molecule has 1 amide bonds. The molecule has 9 heteroatoms. The number of aryl methyl sites for hydroxylation is 1. The number of thiophene rings is 1. The quantitative estimate of drug-likeness (QED) is 0.500. The highest BCUT2D eigenvalue weighted by Gasteiger charge is 2.25. The van der Waals surface area contributed by atoms with Crippen LogP contribution in [0.25, 0.3) is 0 Å². The van der Waals surface area contributed by atoms with E-state index in [0.29, 0.717) is 5.56 Å². The number of nitrogens with one attached hydrogen (secondary N) is 1. The molecule has 2 aromatic rings. The van der Waals surface area contributed by atoms with E-state index in [0.717, 1.165) is 10.9 Å². The smallest absolute Gasteiger partial charge is 0.341 e. The van der Waals surface area contributed by atoms with Crippen LogP contribution in [0.4, 0.5) is 10.7 Å². The van der Waals surface area contributed by atoms with E-state index in [9.17, 15) is 19.7 Å². The molecule has 1 heterocycles. The molecular weight excluding hydrogens is 356 g/mol. The first-order valence-electron chi connectivity index (χ1n) is 6.69. The lowest BCUT2D eigenvalue weighted by atomic mass is 10.1. The minimum atomic E-state index is -0.726. The van der Waals surface area contributed by atoms with E-state index < -0.39 is 16.8 Å². The fraction of sp³-hybridized carbons (Fsp3) is 0.200. The third-order valence-electron chi connectivity index (χ3n) is 3.40. The van der Waals surface area contributed by atoms with Crippen LogP contribution in [0.3, 0.4) is 0 Å². The van der Waals surface area contributed by atoms with Crippen LogP contribution < -0.4 is 5.32 Å². The van der Waals surface area contributed by atoms with Gasteiger partial charge in [0, 0.05) is 16.0 Å². The Hall–Kier alpha value is -2.45. The summed E-state index contributed by atoms with van der Waals surface area (Å²) in [6, 6.07) is 3.69. The Morgan fingerprint density at radius 2 is 2.00 bits per heavy atom. The first-order valence-corrected chi connectivity index (χ1v) is 7.89. The van der Waals surface area contributed by atoms with Crippen molar-refractivity contribution < 1.29 is 19.2 Å². The summed E-state index contributed by atoms with van der Waals surface area (Å²) < 4.78 is 4.73. The lowest BCUT2D eigenvalue weighted by Crippen LogP contribution is -2.15. The van der Waals surface area contributed by atoms with Gasteiger partial charge in [0.05, 0.1) is 17.6 Å². The number of ether oxygens (including phenoxy) is 1. The monoisotopic (exact) mass is 368 g/mol. The Bertz CT molecular complexity index is 847. The largest absolute Gasteiger partial charge is 0.465 e. The van der Waals surface area contributed by atoms with Gasteiger partial charge in [-0.25, -0.2) is 4.79 Å². The average molecular weight is 369 g/mol. The molecule has 0 radical (unpaired) electrons. The predicted octanol–water partition coefficient (Wildman–Crippen LogP) is 3.97. The zero-order chi connectivity index (χ0) is 18.0. The summed E-state index contributed by atoms with van der Waals surface area (Å²) in [7, 11) is 1.24. The first kappa shape index (κ1) is 17.9. The summed E-state index contributed by atoms with van der Waals surface area (Å²) in [5.74, 6) is -1.32. The Kier molecular flexibility index (Phi) is 5.20. The Morgan fingerprint density at radius 1 is 1.33 bits per heavy atom. The number of nitro groups is 1. The van der Waals surface area contributed by atoms with Gasteiger partial charge in [0.15, 0.2) is 0 Å². The van der Waals surface area contributed by atoms with Gasteiger partial charge in [-0.2, -0.15) is 0 Å². The summed E-state index contributed by atoms with van der Waals surface area (Å²) >= 11 is 7.02. The number of amides is 1. The highest BCUT2D eigenvalue weighted by atomic mass is 35.5. The fourth-order valence-corrected chi connectivity index (χ4v) is 3.30. The SMILES string of the molecule is COC(=O)c1c(NC(=O)c2cc(Cl)ccc2[N+](=O)[O-])sc(C)c1C. The summed E-state index contributed by atoms with van der Waals surface area (Å²) in [5.41, 5.74) is 0.356. The summed E-state index contributed by atoms with van der Waals surface area (Å²) in [6.45, 7) is 3.53. The second kappa shape index (κ2) is 6.98. The highest BCUT2D eigenvalue weighted by Crippen LogP contribution is 2.34. The zero-order valence-electron chi connectivity index (χ0n) is 13.0. The molecule has 24 heavy (non-hydrogen) atoms. The van der Waals surface area contributed by atoms with Crippen molar-refractivity contribution in [3.63, 3.8) is 0 Å². The molecule has 0 bridgehead atoms. The maximum Gasteiger partial charge on any atom is 0.341 e. The summed E-state index contributed by atoms with van der Waals surface area (Å²) in [5, 5.41) is 14.1. The van der Waals surface area contributed by atoms with Crippen LogP contribution in [0.2, 0.25) is 5.02 Å². The molecule has 1 aromatic carbocycles. The maximum atomic E-state index is 12.5. The number of rotatable bonds is 4. The van der Waals surface area contributed by atoms with Gasteiger partial charge in [-0.15, -0.1) is 11.3 Å². The van der Waals surface area contributed by atoms with Crippen LogP contribution in [0.1, 0.15) is 31.2 Å². The fourth-order valence-electron chi connectivity index (χ4n) is 2.08. The lowest BCUT2D eigenvalue weighted by Gasteiger charge is -2.07. The Balaban J connectivity index is 2.45. The van der Waals surface area contributed by atoms with Gasteiger partial charge in [-0.05, 0) is 31.5 Å². The van der Waals surface area contributed by atoms with Crippen molar-refractivity contribution in [1.29, 1.82) is 0 Å². The van der Waals surface area contributed by atoms with Gasteiger partial charge in [0.1, 0.15) is 10.6 Å². The standard InChI is InChI=1S/C15H13ClN2O5S/c1-7-8(2)24-14(12(7)15(20)23-3)17-13(19)10-6-9(16)4-5-11(10)18(21)22/h4-6H,1-3H3,(H,17,19). The van der Waals surface area contributed by atoms with Crippen LogP contribution in [-0.2, 0) is 4.74 Å². The summed E-state index contributed by atoms with van der Waals surface area (Å²) in [4.78, 5) is 35.6. The molecule has 0 fully saturated rings. The highest BCUT2D eigenvalue weighted by molar-refractivity contribution is 7.16. The van der Waals surface area contributed by atoms with E-state index in [-0.39, 0.29) is 26.8 Å². The first-order chi connectivity index (χ1) is 11.3. The Morgan fingerprint density at radius 3 is 2.58 bits per heavy atom. The van der Waals surface area contributed by atoms with Crippen molar-refractivity contribution in [3.8, 4) is 0 Å². The molecular formula is C15H13ClN2O5S. The van der Waals surface area contributed by atoms with Gasteiger partial charge in [0.2, 0.25) is 0 Å². The zero-order valence-corrected chi connectivity index (χ0v) is 14.6.